The molecule has 0 aromatic heterocycles. The van der Waals surface area contributed by atoms with E-state index in [-0.39, 0.29) is 11.8 Å². The van der Waals surface area contributed by atoms with Crippen molar-refractivity contribution < 1.29 is 14.3 Å². The monoisotopic (exact) mass is 365 g/mol. The number of hydrogen-bond acceptors (Lipinski definition) is 4. The fraction of sp³-hybridized carbons (Fsp3) is 0.556. The highest BCUT2D eigenvalue weighted by Crippen LogP contribution is 2.26. The highest BCUT2D eigenvalue weighted by atomic mass is 35.5. The number of nitrogens with one attached hydrogen (secondary N) is 1. The van der Waals surface area contributed by atoms with Gasteiger partial charge in [-0.2, -0.15) is 0 Å². The van der Waals surface area contributed by atoms with Gasteiger partial charge in [-0.25, -0.2) is 0 Å². The maximum atomic E-state index is 12.5. The molecule has 1 N–H and O–H groups in total. The lowest BCUT2D eigenvalue weighted by Crippen LogP contribution is -2.40. The number of carbonyl (C=O) groups excluding carboxylic acids is 2. The quantitative estimate of drug-likeness (QED) is 0.613. The Kier molecular flexibility index (Phi) is 6.29. The van der Waals surface area contributed by atoms with Gasteiger partial charge in [-0.1, -0.05) is 11.6 Å². The third kappa shape index (κ3) is 4.71. The maximum Gasteiger partial charge on any atom is 0.239 e. The molecule has 7 heteroatoms. The van der Waals surface area contributed by atoms with E-state index in [9.17, 15) is 9.59 Å². The number of nitrogens with zero attached hydrogens (tertiary/aromatic N) is 2. The average Bonchev–Trinajstić information content (AvgIpc) is 3.02. The summed E-state index contributed by atoms with van der Waals surface area (Å²) >= 11 is 5.88. The van der Waals surface area contributed by atoms with Gasteiger partial charge in [0.05, 0.1) is 13.2 Å². The van der Waals surface area contributed by atoms with Gasteiger partial charge in [0.2, 0.25) is 11.8 Å². The third-order valence-electron chi connectivity index (χ3n) is 4.71. The second kappa shape index (κ2) is 8.65. The van der Waals surface area contributed by atoms with Crippen LogP contribution in [0.5, 0.6) is 0 Å². The van der Waals surface area contributed by atoms with Gasteiger partial charge in [-0.3, -0.25) is 14.5 Å². The first kappa shape index (κ1) is 18.2. The van der Waals surface area contributed by atoms with Gasteiger partial charge in [0.15, 0.2) is 0 Å². The number of rotatable bonds is 6. The van der Waals surface area contributed by atoms with E-state index in [2.05, 4.69) is 10.2 Å². The minimum atomic E-state index is -0.584. The Bertz CT molecular complexity index is 602. The van der Waals surface area contributed by atoms with Crippen molar-refractivity contribution in [2.24, 2.45) is 5.92 Å². The van der Waals surface area contributed by atoms with Crippen molar-refractivity contribution in [3.8, 4) is 0 Å². The Labute approximate surface area is 153 Å². The lowest BCUT2D eigenvalue weighted by molar-refractivity contribution is -0.132. The molecule has 1 aromatic rings. The van der Waals surface area contributed by atoms with Crippen LogP contribution in [0.25, 0.3) is 0 Å². The van der Waals surface area contributed by atoms with E-state index in [0.29, 0.717) is 24.5 Å². The van der Waals surface area contributed by atoms with E-state index in [0.717, 1.165) is 45.0 Å². The molecule has 0 bridgehead atoms. The molecule has 136 valence electrons. The SMILES string of the molecule is O=C(NCCCN1CCOCC1)[C@@H]1CCN(c2ccc(Cl)cc2)C1=O. The summed E-state index contributed by atoms with van der Waals surface area (Å²) in [5.41, 5.74) is 0.789. The highest BCUT2D eigenvalue weighted by molar-refractivity contribution is 6.30. The van der Waals surface area contributed by atoms with E-state index < -0.39 is 5.92 Å². The van der Waals surface area contributed by atoms with Gasteiger partial charge in [-0.05, 0) is 43.7 Å². The van der Waals surface area contributed by atoms with Crippen molar-refractivity contribution in [1.82, 2.24) is 10.2 Å². The van der Waals surface area contributed by atoms with E-state index in [1.54, 1.807) is 17.0 Å². The van der Waals surface area contributed by atoms with E-state index in [1.807, 2.05) is 12.1 Å². The van der Waals surface area contributed by atoms with Crippen molar-refractivity contribution in [3.05, 3.63) is 29.3 Å². The van der Waals surface area contributed by atoms with Gasteiger partial charge in [0, 0.05) is 36.9 Å². The molecule has 0 radical (unpaired) electrons. The average molecular weight is 366 g/mol. The molecule has 6 nitrogen and oxygen atoms in total. The summed E-state index contributed by atoms with van der Waals surface area (Å²) in [6, 6.07) is 7.12. The summed E-state index contributed by atoms with van der Waals surface area (Å²) < 4.78 is 5.32. The van der Waals surface area contributed by atoms with Crippen LogP contribution >= 0.6 is 11.6 Å². The maximum absolute atomic E-state index is 12.5. The molecular formula is C18H24ClN3O3. The van der Waals surface area contributed by atoms with E-state index >= 15 is 0 Å². The van der Waals surface area contributed by atoms with Gasteiger partial charge in [0.25, 0.3) is 0 Å². The lowest BCUT2D eigenvalue weighted by Gasteiger charge is -2.26. The van der Waals surface area contributed by atoms with Crippen LogP contribution in [0.3, 0.4) is 0 Å². The standard InChI is InChI=1S/C18H24ClN3O3/c19-14-2-4-15(5-3-14)22-9-6-16(18(22)24)17(23)20-7-1-8-21-10-12-25-13-11-21/h2-5,16H,1,6-13H2,(H,20,23)/t16-/m0/s1. The molecule has 2 saturated heterocycles. The van der Waals surface area contributed by atoms with Crippen LogP contribution in [0.4, 0.5) is 5.69 Å². The molecule has 0 spiro atoms. The van der Waals surface area contributed by atoms with Crippen LogP contribution in [-0.2, 0) is 14.3 Å². The zero-order valence-electron chi connectivity index (χ0n) is 14.2. The second-order valence-corrected chi connectivity index (χ2v) is 6.84. The molecule has 2 amide bonds. The first-order chi connectivity index (χ1) is 12.1. The molecule has 3 rings (SSSR count). The van der Waals surface area contributed by atoms with E-state index in [1.165, 1.54) is 0 Å². The smallest absolute Gasteiger partial charge is 0.239 e. The zero-order chi connectivity index (χ0) is 17.6. The lowest BCUT2D eigenvalue weighted by atomic mass is 10.1. The van der Waals surface area contributed by atoms with Crippen molar-refractivity contribution >= 4 is 29.1 Å². The normalized spacial score (nSPS) is 21.6. The van der Waals surface area contributed by atoms with Gasteiger partial charge in [0.1, 0.15) is 5.92 Å². The number of ether oxygens (including phenoxy) is 1. The molecular weight excluding hydrogens is 342 g/mol. The van der Waals surface area contributed by atoms with Crippen molar-refractivity contribution in [1.29, 1.82) is 0 Å². The Morgan fingerprint density at radius 2 is 1.92 bits per heavy atom. The fourth-order valence-corrected chi connectivity index (χ4v) is 3.39. The van der Waals surface area contributed by atoms with Crippen LogP contribution in [0, 0.1) is 5.92 Å². The summed E-state index contributed by atoms with van der Waals surface area (Å²) in [5.74, 6) is -0.879. The number of benzene rings is 1. The van der Waals surface area contributed by atoms with Crippen LogP contribution in [0.2, 0.25) is 5.02 Å². The molecule has 1 aromatic carbocycles. The number of carbonyl (C=O) groups is 2. The Balaban J connectivity index is 1.43. The largest absolute Gasteiger partial charge is 0.379 e. The van der Waals surface area contributed by atoms with Crippen LogP contribution in [0.1, 0.15) is 12.8 Å². The van der Waals surface area contributed by atoms with Gasteiger partial charge >= 0.3 is 0 Å². The summed E-state index contributed by atoms with van der Waals surface area (Å²) in [6.45, 7) is 5.57. The Hall–Kier alpha value is -1.63. The minimum absolute atomic E-state index is 0.131. The van der Waals surface area contributed by atoms with Crippen LogP contribution in [0.15, 0.2) is 24.3 Å². The van der Waals surface area contributed by atoms with E-state index in [4.69, 9.17) is 16.3 Å². The number of anilines is 1. The van der Waals surface area contributed by atoms with Crippen molar-refractivity contribution in [3.63, 3.8) is 0 Å². The predicted molar refractivity (Wildman–Crippen MR) is 96.8 cm³/mol. The molecule has 0 saturated carbocycles. The highest BCUT2D eigenvalue weighted by Gasteiger charge is 2.37. The number of amides is 2. The minimum Gasteiger partial charge on any atom is -0.379 e. The molecule has 2 aliphatic heterocycles. The van der Waals surface area contributed by atoms with Gasteiger partial charge in [-0.15, -0.1) is 0 Å². The van der Waals surface area contributed by atoms with Crippen LogP contribution < -0.4 is 10.2 Å². The topological polar surface area (TPSA) is 61.9 Å². The third-order valence-corrected chi connectivity index (χ3v) is 4.97. The predicted octanol–water partition coefficient (Wildman–Crippen LogP) is 1.53. The van der Waals surface area contributed by atoms with Crippen LogP contribution in [-0.4, -0.2) is 62.7 Å². The summed E-state index contributed by atoms with van der Waals surface area (Å²) in [7, 11) is 0. The number of hydrogen-bond donors (Lipinski definition) is 1. The fourth-order valence-electron chi connectivity index (χ4n) is 3.26. The van der Waals surface area contributed by atoms with Crippen molar-refractivity contribution in [2.45, 2.75) is 12.8 Å². The van der Waals surface area contributed by atoms with Gasteiger partial charge < -0.3 is 15.0 Å². The summed E-state index contributed by atoms with van der Waals surface area (Å²) in [5, 5.41) is 3.54. The molecule has 2 aliphatic rings. The number of halogens is 1. The molecule has 1 atom stereocenters. The summed E-state index contributed by atoms with van der Waals surface area (Å²) in [6.07, 6.45) is 1.43. The van der Waals surface area contributed by atoms with Crippen molar-refractivity contribution in [2.75, 3.05) is 50.8 Å². The first-order valence-corrected chi connectivity index (χ1v) is 9.18. The molecule has 2 fully saturated rings. The molecule has 25 heavy (non-hydrogen) atoms. The molecule has 0 aliphatic carbocycles. The summed E-state index contributed by atoms with van der Waals surface area (Å²) in [4.78, 5) is 28.8. The first-order valence-electron chi connectivity index (χ1n) is 8.80. The Morgan fingerprint density at radius 3 is 2.64 bits per heavy atom. The number of morpholine rings is 1. The molecule has 0 unspecified atom stereocenters. The zero-order valence-corrected chi connectivity index (χ0v) is 15.0. The Morgan fingerprint density at radius 1 is 1.20 bits per heavy atom. The second-order valence-electron chi connectivity index (χ2n) is 6.41. The molecule has 2 heterocycles.